The van der Waals surface area contributed by atoms with E-state index in [4.69, 9.17) is 5.73 Å². The number of hydrogen-bond donors (Lipinski definition) is 7. The number of nitrogens with one attached hydrogen (secondary N) is 4. The third kappa shape index (κ3) is 8.80. The summed E-state index contributed by atoms with van der Waals surface area (Å²) in [5, 5.41) is 29.6. The van der Waals surface area contributed by atoms with Crippen molar-refractivity contribution in [2.24, 2.45) is 11.7 Å². The van der Waals surface area contributed by atoms with Crippen molar-refractivity contribution in [3.05, 3.63) is 0 Å². The molecule has 178 valence electrons. The van der Waals surface area contributed by atoms with E-state index in [0.29, 0.717) is 38.8 Å². The van der Waals surface area contributed by atoms with Crippen molar-refractivity contribution in [1.29, 1.82) is 0 Å². The normalized spacial score (nSPS) is 19.7. The number of nitrogens with two attached hydrogens (primary N) is 1. The van der Waals surface area contributed by atoms with Gasteiger partial charge >= 0.3 is 5.97 Å². The summed E-state index contributed by atoms with van der Waals surface area (Å²) in [6.07, 6.45) is 3.45. The summed E-state index contributed by atoms with van der Waals surface area (Å²) in [5.74, 6) is -3.18. The molecule has 5 atom stereocenters. The number of carboxylic acids is 1. The van der Waals surface area contributed by atoms with E-state index >= 15 is 0 Å². The molecule has 0 spiro atoms. The van der Waals surface area contributed by atoms with Crippen molar-refractivity contribution in [1.82, 2.24) is 21.3 Å². The first kappa shape index (κ1) is 26.8. The number of unbranched alkanes of at least 4 members (excludes halogenated alkanes) is 1. The number of carboxylic acid groups (broad SMARTS) is 1. The van der Waals surface area contributed by atoms with E-state index in [1.54, 1.807) is 6.92 Å². The monoisotopic (exact) mass is 443 g/mol. The summed E-state index contributed by atoms with van der Waals surface area (Å²) in [6, 6.07) is -3.74. The van der Waals surface area contributed by atoms with E-state index < -0.39 is 54.5 Å². The van der Waals surface area contributed by atoms with Crippen LogP contribution in [0.1, 0.15) is 52.4 Å². The lowest BCUT2D eigenvalue weighted by atomic mass is 9.98. The highest BCUT2D eigenvalue weighted by Gasteiger charge is 2.32. The Hall–Kier alpha value is -2.24. The van der Waals surface area contributed by atoms with Gasteiger partial charge in [0.2, 0.25) is 17.7 Å². The molecule has 1 saturated heterocycles. The summed E-state index contributed by atoms with van der Waals surface area (Å²) in [7, 11) is 0. The minimum absolute atomic E-state index is 0.248. The summed E-state index contributed by atoms with van der Waals surface area (Å²) in [5.41, 5.74) is 5.50. The van der Waals surface area contributed by atoms with E-state index in [1.807, 2.05) is 6.92 Å². The van der Waals surface area contributed by atoms with E-state index in [-0.39, 0.29) is 12.3 Å². The lowest BCUT2D eigenvalue weighted by molar-refractivity contribution is -0.144. The Balaban J connectivity index is 2.82. The third-order valence-corrected chi connectivity index (χ3v) is 5.55. The van der Waals surface area contributed by atoms with E-state index in [1.165, 1.54) is 0 Å². The molecule has 1 heterocycles. The Morgan fingerprint density at radius 3 is 2.29 bits per heavy atom. The SMILES string of the molecule is CCC(C)C(NC(=O)C(CCCCN)NC(=O)C(CO)NC(=O)C1CCCN1)C(=O)O. The Kier molecular flexibility index (Phi) is 12.1. The van der Waals surface area contributed by atoms with Crippen molar-refractivity contribution in [2.75, 3.05) is 19.7 Å². The van der Waals surface area contributed by atoms with E-state index in [0.717, 1.165) is 6.42 Å². The Bertz CT molecular complexity index is 611. The van der Waals surface area contributed by atoms with Gasteiger partial charge in [-0.15, -0.1) is 0 Å². The second-order valence-corrected chi connectivity index (χ2v) is 7.95. The van der Waals surface area contributed by atoms with Crippen LogP contribution < -0.4 is 27.0 Å². The highest BCUT2D eigenvalue weighted by Crippen LogP contribution is 2.10. The molecule has 1 rings (SSSR count). The molecule has 1 fully saturated rings. The fraction of sp³-hybridized carbons (Fsp3) is 0.800. The van der Waals surface area contributed by atoms with Crippen molar-refractivity contribution in [3.8, 4) is 0 Å². The maximum Gasteiger partial charge on any atom is 0.326 e. The summed E-state index contributed by atoms with van der Waals surface area (Å²) in [4.78, 5) is 49.2. The number of amides is 3. The average molecular weight is 444 g/mol. The van der Waals surface area contributed by atoms with Crippen LogP contribution in [0.5, 0.6) is 0 Å². The molecule has 1 aliphatic rings. The van der Waals surface area contributed by atoms with Gasteiger partial charge in [0.15, 0.2) is 0 Å². The Morgan fingerprint density at radius 1 is 1.10 bits per heavy atom. The molecular formula is C20H37N5O6. The van der Waals surface area contributed by atoms with Gasteiger partial charge in [0, 0.05) is 0 Å². The molecule has 0 saturated carbocycles. The molecule has 0 aromatic heterocycles. The maximum absolute atomic E-state index is 12.8. The van der Waals surface area contributed by atoms with Crippen LogP contribution in [0, 0.1) is 5.92 Å². The van der Waals surface area contributed by atoms with Gasteiger partial charge in [0.25, 0.3) is 0 Å². The van der Waals surface area contributed by atoms with Crippen molar-refractivity contribution >= 4 is 23.7 Å². The predicted octanol–water partition coefficient (Wildman–Crippen LogP) is -1.56. The van der Waals surface area contributed by atoms with Crippen LogP contribution in [-0.4, -0.2) is 77.8 Å². The fourth-order valence-electron chi connectivity index (χ4n) is 3.35. The summed E-state index contributed by atoms with van der Waals surface area (Å²) in [6.45, 7) is 4.03. The molecule has 0 aromatic carbocycles. The zero-order valence-corrected chi connectivity index (χ0v) is 18.4. The number of hydrogen-bond acceptors (Lipinski definition) is 7. The summed E-state index contributed by atoms with van der Waals surface area (Å²) < 4.78 is 0. The average Bonchev–Trinajstić information content (AvgIpc) is 3.29. The quantitative estimate of drug-likeness (QED) is 0.157. The van der Waals surface area contributed by atoms with Crippen LogP contribution in [0.4, 0.5) is 0 Å². The Morgan fingerprint density at radius 2 is 1.77 bits per heavy atom. The summed E-state index contributed by atoms with van der Waals surface area (Å²) >= 11 is 0. The highest BCUT2D eigenvalue weighted by atomic mass is 16.4. The zero-order chi connectivity index (χ0) is 23.4. The number of carbonyl (C=O) groups excluding carboxylic acids is 3. The van der Waals surface area contributed by atoms with Gasteiger partial charge in [-0.05, 0) is 51.1 Å². The highest BCUT2D eigenvalue weighted by molar-refractivity contribution is 5.94. The molecule has 0 aliphatic carbocycles. The first-order valence-electron chi connectivity index (χ1n) is 10.9. The maximum atomic E-state index is 12.8. The van der Waals surface area contributed by atoms with Gasteiger partial charge in [-0.3, -0.25) is 14.4 Å². The molecule has 5 unspecified atom stereocenters. The van der Waals surface area contributed by atoms with Gasteiger partial charge < -0.3 is 37.2 Å². The molecule has 0 bridgehead atoms. The second kappa shape index (κ2) is 13.9. The molecule has 11 heteroatoms. The van der Waals surface area contributed by atoms with Gasteiger partial charge in [-0.2, -0.15) is 0 Å². The van der Waals surface area contributed by atoms with Crippen LogP contribution in [0.2, 0.25) is 0 Å². The molecule has 31 heavy (non-hydrogen) atoms. The van der Waals surface area contributed by atoms with Crippen LogP contribution in [0.15, 0.2) is 0 Å². The number of aliphatic hydroxyl groups excluding tert-OH is 1. The standard InChI is InChI=1S/C20H37N5O6/c1-3-12(2)16(20(30)31)25-18(28)14(7-4-5-9-21)23-19(29)15(11-26)24-17(27)13-8-6-10-22-13/h12-16,22,26H,3-11,21H2,1-2H3,(H,23,29)(H,24,27)(H,25,28)(H,30,31). The number of rotatable bonds is 14. The lowest BCUT2D eigenvalue weighted by Gasteiger charge is -2.26. The number of aliphatic hydroxyl groups is 1. The van der Waals surface area contributed by atoms with Crippen molar-refractivity contribution < 1.29 is 29.4 Å². The van der Waals surface area contributed by atoms with Crippen LogP contribution in [0.3, 0.4) is 0 Å². The molecule has 3 amide bonds. The third-order valence-electron chi connectivity index (χ3n) is 5.55. The first-order chi connectivity index (χ1) is 14.7. The number of carbonyl (C=O) groups is 4. The molecule has 1 aliphatic heterocycles. The largest absolute Gasteiger partial charge is 0.480 e. The lowest BCUT2D eigenvalue weighted by Crippen LogP contribution is -2.58. The topological polar surface area (TPSA) is 183 Å². The van der Waals surface area contributed by atoms with Crippen LogP contribution >= 0.6 is 0 Å². The van der Waals surface area contributed by atoms with Gasteiger partial charge in [0.05, 0.1) is 12.6 Å². The predicted molar refractivity (Wildman–Crippen MR) is 114 cm³/mol. The molecular weight excluding hydrogens is 406 g/mol. The van der Waals surface area contributed by atoms with E-state index in [2.05, 4.69) is 21.3 Å². The van der Waals surface area contributed by atoms with Gasteiger partial charge in [-0.25, -0.2) is 4.79 Å². The van der Waals surface area contributed by atoms with Gasteiger partial charge in [-0.1, -0.05) is 20.3 Å². The number of aliphatic carboxylic acids is 1. The Labute approximate surface area is 182 Å². The minimum Gasteiger partial charge on any atom is -0.480 e. The van der Waals surface area contributed by atoms with Crippen molar-refractivity contribution in [2.45, 2.75) is 76.5 Å². The van der Waals surface area contributed by atoms with E-state index in [9.17, 15) is 29.4 Å². The van der Waals surface area contributed by atoms with Gasteiger partial charge in [0.1, 0.15) is 18.1 Å². The molecule has 11 nitrogen and oxygen atoms in total. The molecule has 0 aromatic rings. The van der Waals surface area contributed by atoms with Crippen LogP contribution in [0.25, 0.3) is 0 Å². The van der Waals surface area contributed by atoms with Crippen LogP contribution in [-0.2, 0) is 19.2 Å². The smallest absolute Gasteiger partial charge is 0.326 e. The fourth-order valence-corrected chi connectivity index (χ4v) is 3.35. The van der Waals surface area contributed by atoms with Crippen molar-refractivity contribution in [3.63, 3.8) is 0 Å². The molecule has 0 radical (unpaired) electrons. The minimum atomic E-state index is -1.22. The molecule has 8 N–H and O–H groups in total. The zero-order valence-electron chi connectivity index (χ0n) is 18.4. The first-order valence-corrected chi connectivity index (χ1v) is 10.9. The second-order valence-electron chi connectivity index (χ2n) is 7.95.